The lowest BCUT2D eigenvalue weighted by Crippen LogP contribution is -2.41. The van der Waals surface area contributed by atoms with Crippen LogP contribution in [0.4, 0.5) is 0 Å². The average Bonchev–Trinajstić information content (AvgIpc) is 2.63. The molecule has 2 nitrogen and oxygen atoms in total. The van der Waals surface area contributed by atoms with E-state index < -0.39 is 0 Å². The third-order valence-electron chi connectivity index (χ3n) is 5.20. The lowest BCUT2D eigenvalue weighted by atomic mass is 9.70. The van der Waals surface area contributed by atoms with E-state index in [1.54, 1.807) is 0 Å². The Kier molecular flexibility index (Phi) is 5.68. The molecular weight excluding hydrogens is 294 g/mol. The van der Waals surface area contributed by atoms with E-state index in [2.05, 4.69) is 35.6 Å². The van der Waals surface area contributed by atoms with Crippen LogP contribution in [0.5, 0.6) is 0 Å². The molecule has 1 fully saturated rings. The fourth-order valence-corrected chi connectivity index (χ4v) is 3.88. The number of hydrogen-bond donors (Lipinski definition) is 1. The van der Waals surface area contributed by atoms with Gasteiger partial charge in [0.15, 0.2) is 0 Å². The van der Waals surface area contributed by atoms with Crippen LogP contribution in [0.25, 0.3) is 0 Å². The van der Waals surface area contributed by atoms with Crippen LogP contribution in [0.1, 0.15) is 43.2 Å². The molecule has 0 atom stereocenters. The number of hydrogen-bond acceptors (Lipinski definition) is 1. The van der Waals surface area contributed by atoms with Crippen molar-refractivity contribution in [3.8, 4) is 0 Å². The first-order valence-corrected chi connectivity index (χ1v) is 9.10. The summed E-state index contributed by atoms with van der Waals surface area (Å²) in [5, 5.41) is 3.22. The molecular formula is C22H27NO. The Morgan fingerprint density at radius 1 is 0.833 bits per heavy atom. The van der Waals surface area contributed by atoms with E-state index >= 15 is 0 Å². The van der Waals surface area contributed by atoms with Gasteiger partial charge in [-0.3, -0.25) is 4.79 Å². The number of carbonyl (C=O) groups is 1. The molecule has 1 N–H and O–H groups in total. The largest absolute Gasteiger partial charge is 0.355 e. The third-order valence-corrected chi connectivity index (χ3v) is 5.20. The first-order valence-electron chi connectivity index (χ1n) is 9.10. The molecule has 0 saturated heterocycles. The van der Waals surface area contributed by atoms with Gasteiger partial charge < -0.3 is 5.32 Å². The second-order valence-corrected chi connectivity index (χ2v) is 7.16. The Morgan fingerprint density at radius 2 is 1.42 bits per heavy atom. The zero-order chi connectivity index (χ0) is 16.7. The van der Waals surface area contributed by atoms with E-state index in [0.717, 1.165) is 18.5 Å². The molecule has 0 heterocycles. The molecule has 126 valence electrons. The second-order valence-electron chi connectivity index (χ2n) is 7.16. The Morgan fingerprint density at radius 3 is 2.04 bits per heavy atom. The van der Waals surface area contributed by atoms with Gasteiger partial charge in [-0.15, -0.1) is 0 Å². The number of amides is 1. The van der Waals surface area contributed by atoms with Gasteiger partial charge in [0.05, 0.1) is 6.42 Å². The molecule has 3 rings (SSSR count). The first kappa shape index (κ1) is 16.8. The number of benzene rings is 2. The summed E-state index contributed by atoms with van der Waals surface area (Å²) in [5.41, 5.74) is 2.69. The third kappa shape index (κ3) is 4.70. The summed E-state index contributed by atoms with van der Waals surface area (Å²) in [6.07, 6.45) is 7.86. The van der Waals surface area contributed by atoms with Crippen LogP contribution in [0.2, 0.25) is 0 Å². The van der Waals surface area contributed by atoms with Crippen LogP contribution >= 0.6 is 0 Å². The highest BCUT2D eigenvalue weighted by Crippen LogP contribution is 2.38. The molecule has 0 spiro atoms. The summed E-state index contributed by atoms with van der Waals surface area (Å²) < 4.78 is 0. The van der Waals surface area contributed by atoms with Crippen molar-refractivity contribution in [1.29, 1.82) is 0 Å². The zero-order valence-corrected chi connectivity index (χ0v) is 14.3. The Bertz CT molecular complexity index is 630. The van der Waals surface area contributed by atoms with Gasteiger partial charge in [0.1, 0.15) is 0 Å². The standard InChI is InChI=1S/C22H27NO/c24-21(16-19-10-4-1-5-11-19)23-18-22(14-8-3-9-15-22)17-20-12-6-2-7-13-20/h1-2,4-7,10-13H,3,8-9,14-18H2,(H,23,24). The Labute approximate surface area is 145 Å². The van der Waals surface area contributed by atoms with Crippen molar-refractivity contribution < 1.29 is 4.79 Å². The molecule has 2 aromatic carbocycles. The van der Waals surface area contributed by atoms with Crippen molar-refractivity contribution in [2.45, 2.75) is 44.9 Å². The van der Waals surface area contributed by atoms with Gasteiger partial charge in [0, 0.05) is 6.54 Å². The van der Waals surface area contributed by atoms with Gasteiger partial charge in [0.25, 0.3) is 0 Å². The fourth-order valence-electron chi connectivity index (χ4n) is 3.88. The number of nitrogens with one attached hydrogen (secondary N) is 1. The molecule has 1 amide bonds. The summed E-state index contributed by atoms with van der Waals surface area (Å²) in [5.74, 6) is 0.138. The lowest BCUT2D eigenvalue weighted by molar-refractivity contribution is -0.121. The first-order chi connectivity index (χ1) is 11.8. The van der Waals surface area contributed by atoms with Crippen molar-refractivity contribution in [1.82, 2.24) is 5.32 Å². The van der Waals surface area contributed by atoms with Gasteiger partial charge in [-0.05, 0) is 35.8 Å². The number of rotatable bonds is 6. The van der Waals surface area contributed by atoms with E-state index in [1.165, 1.54) is 37.7 Å². The number of carbonyl (C=O) groups excluding carboxylic acids is 1. The summed E-state index contributed by atoms with van der Waals surface area (Å²) in [7, 11) is 0. The van der Waals surface area contributed by atoms with Crippen LogP contribution in [0, 0.1) is 5.41 Å². The van der Waals surface area contributed by atoms with E-state index in [4.69, 9.17) is 0 Å². The SMILES string of the molecule is O=C(Cc1ccccc1)NCC1(Cc2ccccc2)CCCCC1. The topological polar surface area (TPSA) is 29.1 Å². The normalized spacial score (nSPS) is 16.5. The average molecular weight is 321 g/mol. The maximum absolute atomic E-state index is 12.3. The highest BCUT2D eigenvalue weighted by molar-refractivity contribution is 5.78. The predicted octanol–water partition coefficient (Wildman–Crippen LogP) is 4.54. The molecule has 0 aliphatic heterocycles. The van der Waals surface area contributed by atoms with Gasteiger partial charge in [-0.25, -0.2) is 0 Å². The van der Waals surface area contributed by atoms with Crippen molar-refractivity contribution in [3.63, 3.8) is 0 Å². The Hall–Kier alpha value is -2.09. The fraction of sp³-hybridized carbons (Fsp3) is 0.409. The van der Waals surface area contributed by atoms with Crippen molar-refractivity contribution in [2.24, 2.45) is 5.41 Å². The molecule has 0 unspecified atom stereocenters. The quantitative estimate of drug-likeness (QED) is 0.831. The van der Waals surface area contributed by atoms with E-state index in [9.17, 15) is 4.79 Å². The highest BCUT2D eigenvalue weighted by Gasteiger charge is 2.32. The maximum atomic E-state index is 12.3. The molecule has 0 aromatic heterocycles. The second kappa shape index (κ2) is 8.14. The summed E-state index contributed by atoms with van der Waals surface area (Å²) in [4.78, 5) is 12.3. The molecule has 1 aliphatic carbocycles. The van der Waals surface area contributed by atoms with E-state index in [0.29, 0.717) is 6.42 Å². The van der Waals surface area contributed by atoms with Gasteiger partial charge in [-0.2, -0.15) is 0 Å². The van der Waals surface area contributed by atoms with Gasteiger partial charge in [0.2, 0.25) is 5.91 Å². The minimum absolute atomic E-state index is 0.138. The smallest absolute Gasteiger partial charge is 0.224 e. The zero-order valence-electron chi connectivity index (χ0n) is 14.3. The van der Waals surface area contributed by atoms with Crippen LogP contribution in [-0.2, 0) is 17.6 Å². The van der Waals surface area contributed by atoms with Crippen LogP contribution in [0.15, 0.2) is 60.7 Å². The van der Waals surface area contributed by atoms with Crippen molar-refractivity contribution in [2.75, 3.05) is 6.54 Å². The molecule has 0 bridgehead atoms. The Balaban J connectivity index is 1.61. The monoisotopic (exact) mass is 321 g/mol. The van der Waals surface area contributed by atoms with Gasteiger partial charge >= 0.3 is 0 Å². The molecule has 0 radical (unpaired) electrons. The highest BCUT2D eigenvalue weighted by atomic mass is 16.1. The van der Waals surface area contributed by atoms with E-state index in [1.807, 2.05) is 30.3 Å². The summed E-state index contributed by atoms with van der Waals surface area (Å²) >= 11 is 0. The molecule has 1 aliphatic rings. The van der Waals surface area contributed by atoms with Crippen LogP contribution in [-0.4, -0.2) is 12.5 Å². The van der Waals surface area contributed by atoms with Crippen LogP contribution in [0.3, 0.4) is 0 Å². The predicted molar refractivity (Wildman–Crippen MR) is 98.8 cm³/mol. The maximum Gasteiger partial charge on any atom is 0.224 e. The van der Waals surface area contributed by atoms with E-state index in [-0.39, 0.29) is 11.3 Å². The van der Waals surface area contributed by atoms with Gasteiger partial charge in [-0.1, -0.05) is 79.9 Å². The molecule has 2 aromatic rings. The minimum atomic E-state index is 0.138. The van der Waals surface area contributed by atoms with Crippen molar-refractivity contribution in [3.05, 3.63) is 71.8 Å². The summed E-state index contributed by atoms with van der Waals surface area (Å²) in [6, 6.07) is 20.7. The lowest BCUT2D eigenvalue weighted by Gasteiger charge is -2.38. The molecule has 2 heteroatoms. The van der Waals surface area contributed by atoms with Crippen molar-refractivity contribution >= 4 is 5.91 Å². The molecule has 1 saturated carbocycles. The minimum Gasteiger partial charge on any atom is -0.355 e. The van der Waals surface area contributed by atoms with Crippen LogP contribution < -0.4 is 5.32 Å². The molecule has 24 heavy (non-hydrogen) atoms. The summed E-state index contributed by atoms with van der Waals surface area (Å²) in [6.45, 7) is 0.799.